The van der Waals surface area contributed by atoms with Gasteiger partial charge in [-0.25, -0.2) is 0 Å². The smallest absolute Gasteiger partial charge is 0.238 e. The third-order valence-electron chi connectivity index (χ3n) is 2.80. The first-order valence-electron chi connectivity index (χ1n) is 6.12. The van der Waals surface area contributed by atoms with Crippen molar-refractivity contribution in [2.45, 2.75) is 18.7 Å². The number of alkyl halides is 1. The Bertz CT molecular complexity index is 534. The number of rotatable bonds is 4. The standard InChI is InChI=1S/C14H16BrN3O/c1-9(2)13(15)14(19)17-11-5-3-10(4-6-11)12-7-8-16-18-12/h3-9,13H,1-2H3,(H,16,18)(H,17,19). The molecule has 0 spiro atoms. The molecule has 0 radical (unpaired) electrons. The highest BCUT2D eigenvalue weighted by Crippen LogP contribution is 2.20. The molecule has 1 unspecified atom stereocenters. The lowest BCUT2D eigenvalue weighted by Crippen LogP contribution is -2.26. The van der Waals surface area contributed by atoms with Crippen molar-refractivity contribution < 1.29 is 4.79 Å². The normalized spacial score (nSPS) is 12.4. The van der Waals surface area contributed by atoms with Crippen molar-refractivity contribution in [2.24, 2.45) is 5.92 Å². The molecule has 0 fully saturated rings. The average Bonchev–Trinajstić information content (AvgIpc) is 2.92. The van der Waals surface area contributed by atoms with E-state index < -0.39 is 0 Å². The molecule has 1 atom stereocenters. The van der Waals surface area contributed by atoms with Crippen molar-refractivity contribution in [3.05, 3.63) is 36.5 Å². The molecule has 1 aromatic heterocycles. The van der Waals surface area contributed by atoms with Crippen LogP contribution in [0.2, 0.25) is 0 Å². The Balaban J connectivity index is 2.05. The van der Waals surface area contributed by atoms with Crippen LogP contribution < -0.4 is 5.32 Å². The first-order valence-corrected chi connectivity index (χ1v) is 7.04. The molecular weight excluding hydrogens is 306 g/mol. The minimum atomic E-state index is -0.181. The SMILES string of the molecule is CC(C)C(Br)C(=O)Nc1ccc(-c2ccn[nH]2)cc1. The van der Waals surface area contributed by atoms with Crippen LogP contribution in [0.5, 0.6) is 0 Å². The number of halogens is 1. The summed E-state index contributed by atoms with van der Waals surface area (Å²) in [6.07, 6.45) is 1.71. The minimum absolute atomic E-state index is 0.0238. The largest absolute Gasteiger partial charge is 0.325 e. The highest BCUT2D eigenvalue weighted by Gasteiger charge is 2.18. The number of nitrogens with one attached hydrogen (secondary N) is 2. The molecule has 1 heterocycles. The maximum Gasteiger partial charge on any atom is 0.238 e. The van der Waals surface area contributed by atoms with Crippen LogP contribution in [0.1, 0.15) is 13.8 Å². The van der Waals surface area contributed by atoms with E-state index in [1.807, 2.05) is 44.2 Å². The Labute approximate surface area is 120 Å². The van der Waals surface area contributed by atoms with Crippen LogP contribution >= 0.6 is 15.9 Å². The molecule has 2 aromatic rings. The molecule has 100 valence electrons. The lowest BCUT2D eigenvalue weighted by molar-refractivity contribution is -0.116. The topological polar surface area (TPSA) is 57.8 Å². The Morgan fingerprint density at radius 3 is 2.47 bits per heavy atom. The molecule has 2 N–H and O–H groups in total. The second-order valence-electron chi connectivity index (χ2n) is 4.68. The first kappa shape index (κ1) is 13.8. The number of hydrogen-bond acceptors (Lipinski definition) is 2. The molecule has 4 nitrogen and oxygen atoms in total. The maximum absolute atomic E-state index is 11.9. The summed E-state index contributed by atoms with van der Waals surface area (Å²) in [4.78, 5) is 11.7. The fourth-order valence-corrected chi connectivity index (χ4v) is 1.78. The van der Waals surface area contributed by atoms with E-state index in [1.54, 1.807) is 6.20 Å². The third-order valence-corrected chi connectivity index (χ3v) is 4.27. The summed E-state index contributed by atoms with van der Waals surface area (Å²) in [6, 6.07) is 9.56. The predicted molar refractivity (Wildman–Crippen MR) is 80.2 cm³/mol. The number of anilines is 1. The van der Waals surface area contributed by atoms with Gasteiger partial charge in [0, 0.05) is 11.9 Å². The number of benzene rings is 1. The molecule has 0 aliphatic carbocycles. The van der Waals surface area contributed by atoms with Gasteiger partial charge in [-0.2, -0.15) is 5.10 Å². The summed E-state index contributed by atoms with van der Waals surface area (Å²) in [6.45, 7) is 4.00. The van der Waals surface area contributed by atoms with E-state index in [1.165, 1.54) is 0 Å². The number of hydrogen-bond donors (Lipinski definition) is 2. The second kappa shape index (κ2) is 6.02. The van der Waals surface area contributed by atoms with Gasteiger partial charge in [0.2, 0.25) is 5.91 Å². The molecule has 0 aliphatic heterocycles. The van der Waals surface area contributed by atoms with Gasteiger partial charge < -0.3 is 5.32 Å². The van der Waals surface area contributed by atoms with Gasteiger partial charge in [0.1, 0.15) is 0 Å². The predicted octanol–water partition coefficient (Wildman–Crippen LogP) is 3.43. The molecule has 19 heavy (non-hydrogen) atoms. The molecule has 0 saturated carbocycles. The highest BCUT2D eigenvalue weighted by atomic mass is 79.9. The Morgan fingerprint density at radius 2 is 1.95 bits per heavy atom. The van der Waals surface area contributed by atoms with Crippen LogP contribution in [0.25, 0.3) is 11.3 Å². The van der Waals surface area contributed by atoms with Gasteiger partial charge in [0.25, 0.3) is 0 Å². The van der Waals surface area contributed by atoms with Crippen molar-refractivity contribution in [3.63, 3.8) is 0 Å². The summed E-state index contributed by atoms with van der Waals surface area (Å²) in [5.41, 5.74) is 2.78. The van der Waals surface area contributed by atoms with Crippen LogP contribution in [-0.2, 0) is 4.79 Å². The fourth-order valence-electron chi connectivity index (χ4n) is 1.66. The Morgan fingerprint density at radius 1 is 1.26 bits per heavy atom. The van der Waals surface area contributed by atoms with Crippen LogP contribution in [-0.4, -0.2) is 20.9 Å². The molecule has 0 aliphatic rings. The van der Waals surface area contributed by atoms with Gasteiger partial charge in [-0.3, -0.25) is 9.89 Å². The van der Waals surface area contributed by atoms with Crippen molar-refractivity contribution in [2.75, 3.05) is 5.32 Å². The van der Waals surface area contributed by atoms with Crippen LogP contribution in [0.3, 0.4) is 0 Å². The molecule has 1 amide bonds. The molecule has 0 bridgehead atoms. The number of aromatic nitrogens is 2. The lowest BCUT2D eigenvalue weighted by Gasteiger charge is -2.13. The van der Waals surface area contributed by atoms with Gasteiger partial charge in [-0.1, -0.05) is 41.9 Å². The summed E-state index contributed by atoms with van der Waals surface area (Å²) >= 11 is 3.39. The van der Waals surface area contributed by atoms with E-state index >= 15 is 0 Å². The summed E-state index contributed by atoms with van der Waals surface area (Å²) in [5.74, 6) is 0.230. The summed E-state index contributed by atoms with van der Waals surface area (Å²) in [5, 5.41) is 9.70. The van der Waals surface area contributed by atoms with E-state index in [4.69, 9.17) is 0 Å². The van der Waals surface area contributed by atoms with Crippen LogP contribution in [0.15, 0.2) is 36.5 Å². The zero-order valence-corrected chi connectivity index (χ0v) is 12.4. The number of carbonyl (C=O) groups excluding carboxylic acids is 1. The van der Waals surface area contributed by atoms with Gasteiger partial charge in [0.15, 0.2) is 0 Å². The number of nitrogens with zero attached hydrogens (tertiary/aromatic N) is 1. The molecule has 2 rings (SSSR count). The van der Waals surface area contributed by atoms with Crippen molar-refractivity contribution >= 4 is 27.5 Å². The monoisotopic (exact) mass is 321 g/mol. The fraction of sp³-hybridized carbons (Fsp3) is 0.286. The zero-order chi connectivity index (χ0) is 13.8. The van der Waals surface area contributed by atoms with Gasteiger partial charge >= 0.3 is 0 Å². The summed E-state index contributed by atoms with van der Waals surface area (Å²) < 4.78 is 0. The van der Waals surface area contributed by atoms with Crippen LogP contribution in [0, 0.1) is 5.92 Å². The summed E-state index contributed by atoms with van der Waals surface area (Å²) in [7, 11) is 0. The zero-order valence-electron chi connectivity index (χ0n) is 10.9. The van der Waals surface area contributed by atoms with Gasteiger partial charge in [-0.15, -0.1) is 0 Å². The third kappa shape index (κ3) is 3.44. The Kier molecular flexibility index (Phi) is 4.37. The van der Waals surface area contributed by atoms with E-state index in [9.17, 15) is 4.79 Å². The van der Waals surface area contributed by atoms with E-state index in [0.29, 0.717) is 0 Å². The van der Waals surface area contributed by atoms with E-state index in [-0.39, 0.29) is 16.7 Å². The number of amides is 1. The molecular formula is C14H16BrN3O. The number of H-pyrrole nitrogens is 1. The number of aromatic amines is 1. The van der Waals surface area contributed by atoms with Crippen LogP contribution in [0.4, 0.5) is 5.69 Å². The minimum Gasteiger partial charge on any atom is -0.325 e. The van der Waals surface area contributed by atoms with Gasteiger partial charge in [0.05, 0.1) is 10.5 Å². The second-order valence-corrected chi connectivity index (χ2v) is 5.67. The maximum atomic E-state index is 11.9. The van der Waals surface area contributed by atoms with Crippen molar-refractivity contribution in [3.8, 4) is 11.3 Å². The molecule has 1 aromatic carbocycles. The molecule has 5 heteroatoms. The van der Waals surface area contributed by atoms with E-state index in [0.717, 1.165) is 16.9 Å². The lowest BCUT2D eigenvalue weighted by atomic mass is 10.1. The van der Waals surface area contributed by atoms with Gasteiger partial charge in [-0.05, 0) is 29.7 Å². The Hall–Kier alpha value is -1.62. The van der Waals surface area contributed by atoms with E-state index in [2.05, 4.69) is 31.4 Å². The quantitative estimate of drug-likeness (QED) is 0.847. The van der Waals surface area contributed by atoms with Crippen molar-refractivity contribution in [1.29, 1.82) is 0 Å². The molecule has 0 saturated heterocycles. The highest BCUT2D eigenvalue weighted by molar-refractivity contribution is 9.10. The first-order chi connectivity index (χ1) is 9.08. The van der Waals surface area contributed by atoms with Crippen molar-refractivity contribution in [1.82, 2.24) is 10.2 Å². The number of carbonyl (C=O) groups is 1. The average molecular weight is 322 g/mol.